The van der Waals surface area contributed by atoms with Crippen molar-refractivity contribution in [3.05, 3.63) is 40.4 Å². The number of ether oxygens (including phenoxy) is 1. The van der Waals surface area contributed by atoms with Crippen molar-refractivity contribution in [2.45, 2.75) is 71.8 Å². The molecular formula is C24H33N3O3S. The predicted octanol–water partition coefficient (Wildman–Crippen LogP) is 5.35. The Morgan fingerprint density at radius 1 is 1.16 bits per heavy atom. The van der Waals surface area contributed by atoms with E-state index in [1.54, 1.807) is 17.0 Å². The second-order valence-corrected chi connectivity index (χ2v) is 9.36. The van der Waals surface area contributed by atoms with Crippen molar-refractivity contribution in [2.75, 3.05) is 18.5 Å². The van der Waals surface area contributed by atoms with Crippen molar-refractivity contribution >= 4 is 28.3 Å². The largest absolute Gasteiger partial charge is 0.494 e. The molecule has 0 unspecified atom stereocenters. The van der Waals surface area contributed by atoms with Crippen LogP contribution < -0.4 is 10.1 Å². The van der Waals surface area contributed by atoms with Gasteiger partial charge < -0.3 is 15.0 Å². The first kappa shape index (κ1) is 23.3. The summed E-state index contributed by atoms with van der Waals surface area (Å²) >= 11 is 1.46. The molecule has 1 aromatic heterocycles. The molecule has 6 nitrogen and oxygen atoms in total. The van der Waals surface area contributed by atoms with Crippen LogP contribution in [0.4, 0.5) is 5.13 Å². The second-order valence-electron chi connectivity index (χ2n) is 8.16. The van der Waals surface area contributed by atoms with Crippen LogP contribution >= 0.6 is 11.3 Å². The van der Waals surface area contributed by atoms with Crippen LogP contribution in [0.1, 0.15) is 72.8 Å². The van der Waals surface area contributed by atoms with E-state index in [0.717, 1.165) is 54.8 Å². The van der Waals surface area contributed by atoms with Gasteiger partial charge in [-0.1, -0.05) is 32.6 Å². The Balaban J connectivity index is 1.70. The summed E-state index contributed by atoms with van der Waals surface area (Å²) in [6.45, 7) is 6.74. The van der Waals surface area contributed by atoms with Gasteiger partial charge in [-0.05, 0) is 57.4 Å². The molecule has 1 saturated carbocycles. The van der Waals surface area contributed by atoms with Crippen LogP contribution in [-0.2, 0) is 4.79 Å². The zero-order chi connectivity index (χ0) is 22.2. The highest BCUT2D eigenvalue weighted by molar-refractivity contribution is 7.15. The van der Waals surface area contributed by atoms with Gasteiger partial charge in [-0.2, -0.15) is 0 Å². The molecule has 1 heterocycles. The van der Waals surface area contributed by atoms with Gasteiger partial charge in [-0.25, -0.2) is 4.98 Å². The van der Waals surface area contributed by atoms with Gasteiger partial charge in [0.05, 0.1) is 12.3 Å². The van der Waals surface area contributed by atoms with Crippen molar-refractivity contribution < 1.29 is 14.3 Å². The van der Waals surface area contributed by atoms with E-state index in [9.17, 15) is 9.59 Å². The summed E-state index contributed by atoms with van der Waals surface area (Å²) in [5, 5.41) is 3.46. The first-order valence-corrected chi connectivity index (χ1v) is 12.1. The lowest BCUT2D eigenvalue weighted by Crippen LogP contribution is -2.45. The number of carbonyl (C=O) groups excluding carboxylic acids is 2. The van der Waals surface area contributed by atoms with E-state index in [0.29, 0.717) is 17.3 Å². The molecular weight excluding hydrogens is 410 g/mol. The van der Waals surface area contributed by atoms with Gasteiger partial charge in [0.1, 0.15) is 12.3 Å². The normalized spacial score (nSPS) is 14.3. The maximum absolute atomic E-state index is 13.4. The van der Waals surface area contributed by atoms with Gasteiger partial charge in [0.15, 0.2) is 5.13 Å². The van der Waals surface area contributed by atoms with Crippen LogP contribution in [0.3, 0.4) is 0 Å². The Morgan fingerprint density at radius 3 is 2.48 bits per heavy atom. The number of carbonyl (C=O) groups is 2. The smallest absolute Gasteiger partial charge is 0.254 e. The number of thiazole rings is 1. The van der Waals surface area contributed by atoms with Crippen LogP contribution in [0, 0.1) is 13.8 Å². The number of hydrogen-bond acceptors (Lipinski definition) is 5. The van der Waals surface area contributed by atoms with E-state index in [4.69, 9.17) is 4.74 Å². The first-order valence-electron chi connectivity index (χ1n) is 11.3. The molecule has 1 N–H and O–H groups in total. The number of benzene rings is 1. The maximum Gasteiger partial charge on any atom is 0.254 e. The second kappa shape index (κ2) is 11.3. The summed E-state index contributed by atoms with van der Waals surface area (Å²) in [6, 6.07) is 7.36. The lowest BCUT2D eigenvalue weighted by atomic mass is 9.93. The molecule has 0 aliphatic heterocycles. The molecule has 1 fully saturated rings. The molecule has 168 valence electrons. The van der Waals surface area contributed by atoms with Crippen LogP contribution in [0.25, 0.3) is 0 Å². The van der Waals surface area contributed by atoms with E-state index >= 15 is 0 Å². The number of aromatic nitrogens is 1. The van der Waals surface area contributed by atoms with E-state index in [1.807, 2.05) is 26.0 Å². The fraction of sp³-hybridized carbons (Fsp3) is 0.542. The number of rotatable bonds is 9. The van der Waals surface area contributed by atoms with Gasteiger partial charge in [0.25, 0.3) is 5.91 Å². The maximum atomic E-state index is 13.4. The van der Waals surface area contributed by atoms with Gasteiger partial charge in [-0.15, -0.1) is 11.3 Å². The molecule has 2 aromatic rings. The van der Waals surface area contributed by atoms with Crippen molar-refractivity contribution in [3.8, 4) is 5.75 Å². The fourth-order valence-electron chi connectivity index (χ4n) is 3.79. The molecule has 1 aliphatic carbocycles. The SMILES string of the molecule is CCCCOc1ccc(C(=O)N(CC(=O)Nc2nc(C)c(C)s2)C2CCCCC2)cc1. The minimum Gasteiger partial charge on any atom is -0.494 e. The van der Waals surface area contributed by atoms with E-state index in [2.05, 4.69) is 17.2 Å². The lowest BCUT2D eigenvalue weighted by molar-refractivity contribution is -0.117. The van der Waals surface area contributed by atoms with Gasteiger partial charge in [0.2, 0.25) is 5.91 Å². The number of anilines is 1. The zero-order valence-electron chi connectivity index (χ0n) is 18.8. The Hall–Kier alpha value is -2.41. The topological polar surface area (TPSA) is 71.5 Å². The average molecular weight is 444 g/mol. The number of nitrogens with one attached hydrogen (secondary N) is 1. The minimum absolute atomic E-state index is 0.0376. The standard InChI is InChI=1S/C24H33N3O3S/c1-4-5-15-30-21-13-11-19(12-14-21)23(29)27(20-9-7-6-8-10-20)16-22(28)26-24-25-17(2)18(3)31-24/h11-14,20H,4-10,15-16H2,1-3H3,(H,25,26,28). The summed E-state index contributed by atoms with van der Waals surface area (Å²) in [5.41, 5.74) is 1.50. The molecule has 0 radical (unpaired) electrons. The number of unbranched alkanes of at least 4 members (excludes halogenated alkanes) is 1. The Morgan fingerprint density at radius 2 is 1.87 bits per heavy atom. The van der Waals surface area contributed by atoms with Crippen LogP contribution in [-0.4, -0.2) is 40.9 Å². The predicted molar refractivity (Wildman–Crippen MR) is 125 cm³/mol. The number of aryl methyl sites for hydroxylation is 2. The summed E-state index contributed by atoms with van der Waals surface area (Å²) in [4.78, 5) is 33.3. The van der Waals surface area contributed by atoms with Crippen LogP contribution in [0.5, 0.6) is 5.75 Å². The lowest BCUT2D eigenvalue weighted by Gasteiger charge is -2.34. The average Bonchev–Trinajstić information content (AvgIpc) is 3.09. The van der Waals surface area contributed by atoms with E-state index in [1.165, 1.54) is 17.8 Å². The van der Waals surface area contributed by atoms with Gasteiger partial charge in [0, 0.05) is 16.5 Å². The molecule has 7 heteroatoms. The molecule has 1 aromatic carbocycles. The number of nitrogens with zero attached hydrogens (tertiary/aromatic N) is 2. The Labute approximate surface area is 189 Å². The first-order chi connectivity index (χ1) is 15.0. The van der Waals surface area contributed by atoms with Gasteiger partial charge >= 0.3 is 0 Å². The van der Waals surface area contributed by atoms with E-state index in [-0.39, 0.29) is 24.4 Å². The third-order valence-electron chi connectivity index (χ3n) is 5.73. The number of hydrogen-bond donors (Lipinski definition) is 1. The third-order valence-corrected chi connectivity index (χ3v) is 6.72. The van der Waals surface area contributed by atoms with Crippen molar-refractivity contribution in [1.29, 1.82) is 0 Å². The molecule has 3 rings (SSSR count). The third kappa shape index (κ3) is 6.53. The van der Waals surface area contributed by atoms with Gasteiger partial charge in [-0.3, -0.25) is 9.59 Å². The summed E-state index contributed by atoms with van der Waals surface area (Å²) in [5.74, 6) is 0.460. The van der Waals surface area contributed by atoms with Crippen molar-refractivity contribution in [2.24, 2.45) is 0 Å². The zero-order valence-corrected chi connectivity index (χ0v) is 19.6. The molecule has 31 heavy (non-hydrogen) atoms. The molecule has 1 aliphatic rings. The molecule has 2 amide bonds. The Kier molecular flexibility index (Phi) is 8.46. The summed E-state index contributed by atoms with van der Waals surface area (Å²) in [6.07, 6.45) is 7.32. The molecule has 0 atom stereocenters. The van der Waals surface area contributed by atoms with E-state index < -0.39 is 0 Å². The van der Waals surface area contributed by atoms with Crippen molar-refractivity contribution in [3.63, 3.8) is 0 Å². The monoisotopic (exact) mass is 443 g/mol. The molecule has 0 saturated heterocycles. The van der Waals surface area contributed by atoms with Crippen LogP contribution in [0.2, 0.25) is 0 Å². The Bertz CT molecular complexity index is 853. The van der Waals surface area contributed by atoms with Crippen molar-refractivity contribution in [1.82, 2.24) is 9.88 Å². The minimum atomic E-state index is -0.202. The highest BCUT2D eigenvalue weighted by atomic mass is 32.1. The quantitative estimate of drug-likeness (QED) is 0.530. The fourth-order valence-corrected chi connectivity index (χ4v) is 4.62. The number of amides is 2. The molecule has 0 spiro atoms. The summed E-state index contributed by atoms with van der Waals surface area (Å²) < 4.78 is 5.71. The van der Waals surface area contributed by atoms with Crippen LogP contribution in [0.15, 0.2) is 24.3 Å². The highest BCUT2D eigenvalue weighted by Gasteiger charge is 2.28. The summed E-state index contributed by atoms with van der Waals surface area (Å²) in [7, 11) is 0. The molecule has 0 bridgehead atoms. The highest BCUT2D eigenvalue weighted by Crippen LogP contribution is 2.25.